The maximum atomic E-state index is 14.9. The van der Waals surface area contributed by atoms with Crippen LogP contribution < -0.4 is 0 Å². The number of aliphatic hydroxyl groups excluding tert-OH is 9. The van der Waals surface area contributed by atoms with E-state index in [4.69, 9.17) is 46.9 Å². The lowest BCUT2D eigenvalue weighted by Gasteiger charge is -2.50. The van der Waals surface area contributed by atoms with Gasteiger partial charge in [-0.2, -0.15) is 0 Å². The second kappa shape index (κ2) is 70.2. The van der Waals surface area contributed by atoms with E-state index in [1.807, 2.05) is 0 Å². The lowest BCUT2D eigenvalue weighted by molar-refractivity contribution is -0.360. The van der Waals surface area contributed by atoms with E-state index in [9.17, 15) is 74.6 Å². The average Bonchev–Trinajstić information content (AvgIpc) is 0.754. The zero-order valence-corrected chi connectivity index (χ0v) is 74.8. The van der Waals surface area contributed by atoms with Gasteiger partial charge in [0.15, 0.2) is 24.8 Å². The summed E-state index contributed by atoms with van der Waals surface area (Å²) in [4.78, 5) is 66.5. The maximum Gasteiger partial charge on any atom is 0.472 e. The first-order valence-electron chi connectivity index (χ1n) is 47.5. The highest BCUT2D eigenvalue weighted by Crippen LogP contribution is 2.49. The lowest BCUT2D eigenvalue weighted by atomic mass is 9.84. The van der Waals surface area contributed by atoms with E-state index in [0.29, 0.717) is 38.0 Å². The van der Waals surface area contributed by atoms with Crippen molar-refractivity contribution in [1.29, 1.82) is 0 Å². The molecule has 0 bridgehead atoms. The number of hydrogen-bond acceptors (Lipinski definition) is 24. The van der Waals surface area contributed by atoms with E-state index in [1.165, 1.54) is 161 Å². The van der Waals surface area contributed by atoms with E-state index in [1.54, 1.807) is 0 Å². The number of aliphatic hydroxyl groups is 9. The number of ether oxygens (including phenoxy) is 8. The first-order chi connectivity index (χ1) is 57.1. The summed E-state index contributed by atoms with van der Waals surface area (Å²) in [5, 5.41) is 102. The van der Waals surface area contributed by atoms with E-state index < -0.39 is 162 Å². The van der Waals surface area contributed by atoms with Gasteiger partial charge in [0, 0.05) is 25.7 Å². The maximum absolute atomic E-state index is 14.9. The molecule has 0 aromatic carbocycles. The van der Waals surface area contributed by atoms with E-state index in [0.717, 1.165) is 141 Å². The van der Waals surface area contributed by atoms with Gasteiger partial charge in [-0.25, -0.2) is 4.57 Å². The zero-order chi connectivity index (χ0) is 86.2. The van der Waals surface area contributed by atoms with Crippen molar-refractivity contribution >= 4 is 31.7 Å². The van der Waals surface area contributed by atoms with Gasteiger partial charge in [0.2, 0.25) is 0 Å². The Morgan fingerprint density at radius 2 is 0.686 bits per heavy atom. The number of esters is 4. The van der Waals surface area contributed by atoms with Crippen LogP contribution in [-0.2, 0) is 70.7 Å². The molecule has 3 aliphatic rings. The van der Waals surface area contributed by atoms with Crippen LogP contribution >= 0.6 is 7.82 Å². The molecule has 25 nitrogen and oxygen atoms in total. The van der Waals surface area contributed by atoms with Gasteiger partial charge in [0.25, 0.3) is 0 Å². The molecule has 19 unspecified atom stereocenters. The highest BCUT2D eigenvalue weighted by Gasteiger charge is 2.60. The van der Waals surface area contributed by atoms with Gasteiger partial charge < -0.3 is 88.7 Å². The molecule has 19 atom stereocenters. The van der Waals surface area contributed by atoms with Crippen LogP contribution in [0.1, 0.15) is 401 Å². The summed E-state index contributed by atoms with van der Waals surface area (Å²) in [6.45, 7) is 7.89. The first kappa shape index (κ1) is 109. The molecule has 118 heavy (non-hydrogen) atoms. The highest BCUT2D eigenvalue weighted by molar-refractivity contribution is 7.47. The molecule has 0 aromatic rings. The predicted molar refractivity (Wildman–Crippen MR) is 458 cm³/mol. The van der Waals surface area contributed by atoms with Gasteiger partial charge in [-0.3, -0.25) is 28.2 Å². The SMILES string of the molecule is CCCCCC/C=C\CCCCCCCCCC(=O)OCC(COP(=O)(O)OC1C(OC2OC(CO)C(O)C(O)C2O)C(O)C(O)C(OC(=O)CCCCC/C=C\CCCCCCCC)C1OC1OC(COC(=O)CCCCCCCCCCCCCCCCC)C(O)C(O)C1O)OC(=O)CCCCCCCCC(C)CCCCCCCC. The fraction of sp³-hybridized carbons (Fsp3) is 0.913. The second-order valence-electron chi connectivity index (χ2n) is 34.1. The van der Waals surface area contributed by atoms with Gasteiger partial charge in [-0.05, 0) is 83.0 Å². The van der Waals surface area contributed by atoms with Crippen molar-refractivity contribution in [2.45, 2.75) is 505 Å². The van der Waals surface area contributed by atoms with E-state index in [-0.39, 0.29) is 32.1 Å². The Morgan fingerprint density at radius 1 is 0.356 bits per heavy atom. The van der Waals surface area contributed by atoms with Crippen LogP contribution in [0, 0.1) is 5.92 Å². The van der Waals surface area contributed by atoms with Gasteiger partial charge in [-0.1, -0.05) is 322 Å². The molecule has 1 aliphatic carbocycles. The number of unbranched alkanes of at least 4 members (excludes halogenated alkanes) is 44. The predicted octanol–water partition coefficient (Wildman–Crippen LogP) is 17.6. The largest absolute Gasteiger partial charge is 0.472 e. The Morgan fingerprint density at radius 3 is 1.11 bits per heavy atom. The third-order valence-corrected chi connectivity index (χ3v) is 24.3. The van der Waals surface area contributed by atoms with Crippen molar-refractivity contribution in [2.75, 3.05) is 26.4 Å². The third kappa shape index (κ3) is 50.2. The molecule has 1 saturated carbocycles. The highest BCUT2D eigenvalue weighted by atomic mass is 31.2. The molecule has 2 saturated heterocycles. The van der Waals surface area contributed by atoms with Crippen molar-refractivity contribution in [3.05, 3.63) is 24.3 Å². The van der Waals surface area contributed by atoms with Gasteiger partial charge in [0.1, 0.15) is 92.6 Å². The standard InChI is InChI=1S/C92H169O25P/c1-6-10-14-18-22-25-28-31-33-36-38-41-44-51-57-63-75(94)108-68-72(111-77(96)65-59-54-48-47-50-56-62-71(5)61-55-49-21-17-13-9-4)69-110-118(106,107)117-90-88(115-91-85(104)81(100)79(98)73(67-93)112-91)84(103)83(102)87(114-78(97)66-60-53-46-43-40-35-30-27-24-20-16-12-8-3)89(90)116-92-86(105)82(101)80(99)74(113-92)70-109-76(95)64-58-52-45-42-39-37-34-32-29-26-23-19-15-11-7-2/h25,28,35,40,71-74,79-93,98-105H,6-24,26-27,29-34,36-39,41-70H2,1-5H3,(H,106,107)/b28-25-,40-35-. The Kier molecular flexibility index (Phi) is 64.9. The Balaban J connectivity index is 1.92. The van der Waals surface area contributed by atoms with Gasteiger partial charge >= 0.3 is 31.7 Å². The molecule has 0 aromatic heterocycles. The molecule has 26 heteroatoms. The Hall–Kier alpha value is -3.05. The molecule has 10 N–H and O–H groups in total. The molecule has 3 rings (SSSR count). The minimum absolute atomic E-state index is 0.0157. The van der Waals surface area contributed by atoms with Crippen LogP contribution in [0.4, 0.5) is 0 Å². The van der Waals surface area contributed by atoms with Crippen LogP contribution in [0.25, 0.3) is 0 Å². The minimum atomic E-state index is -5.81. The monoisotopic (exact) mass is 1710 g/mol. The first-order valence-corrected chi connectivity index (χ1v) is 49.0. The number of phosphoric ester groups is 1. The van der Waals surface area contributed by atoms with Crippen molar-refractivity contribution in [3.63, 3.8) is 0 Å². The summed E-state index contributed by atoms with van der Waals surface area (Å²) >= 11 is 0. The number of carbonyl (C=O) groups is 4. The van der Waals surface area contributed by atoms with E-state index in [2.05, 4.69) is 58.9 Å². The fourth-order valence-electron chi connectivity index (χ4n) is 15.7. The average molecular weight is 1710 g/mol. The Labute approximate surface area is 711 Å². The molecule has 692 valence electrons. The quantitative estimate of drug-likeness (QED) is 0.00889. The van der Waals surface area contributed by atoms with Crippen LogP contribution in [0.2, 0.25) is 0 Å². The summed E-state index contributed by atoms with van der Waals surface area (Å²) in [6.07, 6.45) is 28.9. The lowest BCUT2D eigenvalue weighted by Crippen LogP contribution is -2.70. The van der Waals surface area contributed by atoms with E-state index >= 15 is 0 Å². The van der Waals surface area contributed by atoms with Gasteiger partial charge in [0.05, 0.1) is 13.2 Å². The van der Waals surface area contributed by atoms with Gasteiger partial charge in [-0.15, -0.1) is 0 Å². The molecular weight excluding hydrogens is 1540 g/mol. The minimum Gasteiger partial charge on any atom is -0.463 e. The second-order valence-corrected chi connectivity index (χ2v) is 35.6. The topological polar surface area (TPSA) is 380 Å². The van der Waals surface area contributed by atoms with Crippen molar-refractivity contribution in [2.24, 2.45) is 5.92 Å². The summed E-state index contributed by atoms with van der Waals surface area (Å²) in [5.41, 5.74) is 0. The zero-order valence-electron chi connectivity index (χ0n) is 73.9. The summed E-state index contributed by atoms with van der Waals surface area (Å²) < 4.78 is 73.5. The van der Waals surface area contributed by atoms with Crippen LogP contribution in [0.3, 0.4) is 0 Å². The number of phosphoric acid groups is 1. The van der Waals surface area contributed by atoms with Crippen molar-refractivity contribution < 1.29 is 122 Å². The smallest absolute Gasteiger partial charge is 0.463 e. The third-order valence-electron chi connectivity index (χ3n) is 23.3. The van der Waals surface area contributed by atoms with Crippen molar-refractivity contribution in [3.8, 4) is 0 Å². The number of rotatable bonds is 76. The molecular formula is C92H169O25P. The summed E-state index contributed by atoms with van der Waals surface area (Å²) in [6, 6.07) is 0. The number of allylic oxidation sites excluding steroid dienone is 4. The number of carbonyl (C=O) groups excluding carboxylic acids is 4. The fourth-order valence-corrected chi connectivity index (χ4v) is 16.6. The molecule has 2 aliphatic heterocycles. The molecule has 0 amide bonds. The van der Waals surface area contributed by atoms with Crippen LogP contribution in [0.5, 0.6) is 0 Å². The molecule has 3 fully saturated rings. The normalized spacial score (nSPS) is 25.3. The molecule has 0 spiro atoms. The molecule has 0 radical (unpaired) electrons. The molecule has 2 heterocycles. The van der Waals surface area contributed by atoms with Crippen molar-refractivity contribution in [1.82, 2.24) is 0 Å². The summed E-state index contributed by atoms with van der Waals surface area (Å²) in [5.74, 6) is -2.32. The summed E-state index contributed by atoms with van der Waals surface area (Å²) in [7, 11) is -5.81. The van der Waals surface area contributed by atoms with Crippen LogP contribution in [0.15, 0.2) is 24.3 Å². The van der Waals surface area contributed by atoms with Crippen LogP contribution in [-0.4, -0.2) is 205 Å². The number of hydrogen-bond donors (Lipinski definition) is 10. The Bertz CT molecular complexity index is 2570.